The van der Waals surface area contributed by atoms with Crippen LogP contribution in [0, 0.1) is 23.2 Å². The van der Waals surface area contributed by atoms with E-state index in [0.29, 0.717) is 12.3 Å². The molecule has 3 nitrogen and oxygen atoms in total. The summed E-state index contributed by atoms with van der Waals surface area (Å²) in [5.74, 6) is 0.678. The van der Waals surface area contributed by atoms with E-state index in [1.807, 2.05) is 0 Å². The summed E-state index contributed by atoms with van der Waals surface area (Å²) in [6.45, 7) is 7.74. The second-order valence-electron chi connectivity index (χ2n) is 11.3. The van der Waals surface area contributed by atoms with Gasteiger partial charge in [-0.3, -0.25) is 0 Å². The second-order valence-corrected chi connectivity index (χ2v) is 16.1. The summed E-state index contributed by atoms with van der Waals surface area (Å²) in [4.78, 5) is 0. The first-order valence-electron chi connectivity index (χ1n) is 14.2. The third-order valence-electron chi connectivity index (χ3n) is 8.30. The number of aliphatic hydroxyl groups excluding tert-OH is 1. The summed E-state index contributed by atoms with van der Waals surface area (Å²) in [5, 5.41) is 21.0. The Kier molecular flexibility index (Phi) is 5.19. The largest absolute Gasteiger partial charge is 0.414 e. The highest BCUT2D eigenvalue weighted by molar-refractivity contribution is 6.74. The van der Waals surface area contributed by atoms with Crippen LogP contribution in [0.25, 0.3) is 0 Å². The summed E-state index contributed by atoms with van der Waals surface area (Å²) < 4.78 is 52.5. The SMILES string of the molecule is [2H]C([2H])([2H])C(O)(CCCC(CO)[C@H]1CC[C@H]2[C@@H](O[Si](C)(C)C(C)(C)C)CCC[C@]12C)C([2H])([2H])[2H]. The molecule has 1 unspecified atom stereocenters. The van der Waals surface area contributed by atoms with E-state index < -0.39 is 27.6 Å². The predicted octanol–water partition coefficient (Wildman–Crippen LogP) is 6.14. The maximum Gasteiger partial charge on any atom is 0.192 e. The molecule has 0 aromatic heterocycles. The van der Waals surface area contributed by atoms with Gasteiger partial charge in [-0.25, -0.2) is 0 Å². The number of rotatable bonds is 8. The van der Waals surface area contributed by atoms with E-state index in [9.17, 15) is 10.2 Å². The van der Waals surface area contributed by atoms with Crippen molar-refractivity contribution >= 4 is 8.32 Å². The van der Waals surface area contributed by atoms with Crippen LogP contribution in [-0.4, -0.2) is 36.8 Å². The van der Waals surface area contributed by atoms with E-state index in [0.717, 1.165) is 32.1 Å². The van der Waals surface area contributed by atoms with E-state index >= 15 is 0 Å². The van der Waals surface area contributed by atoms with Crippen molar-refractivity contribution in [2.75, 3.05) is 6.61 Å². The third-order valence-corrected chi connectivity index (χ3v) is 12.8. The molecule has 4 heteroatoms. The fraction of sp³-hybridized carbons (Fsp3) is 1.00. The topological polar surface area (TPSA) is 49.7 Å². The van der Waals surface area contributed by atoms with Crippen molar-refractivity contribution in [2.24, 2.45) is 23.2 Å². The molecule has 0 saturated heterocycles. The standard InChI is InChI=1S/C24H48O3Si/c1-22(2,3)28(7,8)27-21-12-10-16-24(6)19(13-14-20(21)24)18(17-25)11-9-15-23(4,5)26/h18-21,25-26H,9-17H2,1-8H3/t18?,19-,20+,21+,24-/m1/s1/i4D3,5D3. The molecule has 0 aromatic carbocycles. The van der Waals surface area contributed by atoms with Gasteiger partial charge in [-0.2, -0.15) is 0 Å². The molecule has 2 aliphatic rings. The van der Waals surface area contributed by atoms with Gasteiger partial charge in [0.05, 0.1) is 5.60 Å². The second kappa shape index (κ2) is 8.68. The first-order chi connectivity index (χ1) is 15.2. The maximum atomic E-state index is 10.6. The molecule has 2 rings (SSSR count). The van der Waals surface area contributed by atoms with Crippen LogP contribution in [0.15, 0.2) is 0 Å². The molecule has 166 valence electrons. The van der Waals surface area contributed by atoms with Crippen molar-refractivity contribution in [3.8, 4) is 0 Å². The number of hydrogen-bond acceptors (Lipinski definition) is 3. The van der Waals surface area contributed by atoms with Crippen LogP contribution >= 0.6 is 0 Å². The lowest BCUT2D eigenvalue weighted by molar-refractivity contribution is -0.0309. The molecule has 0 amide bonds. The lowest BCUT2D eigenvalue weighted by atomic mass is 9.61. The monoisotopic (exact) mass is 418 g/mol. The van der Waals surface area contributed by atoms with E-state index in [1.54, 1.807) is 0 Å². The van der Waals surface area contributed by atoms with Gasteiger partial charge in [-0.15, -0.1) is 0 Å². The van der Waals surface area contributed by atoms with Crippen molar-refractivity contribution < 1.29 is 22.9 Å². The van der Waals surface area contributed by atoms with Gasteiger partial charge in [0.25, 0.3) is 0 Å². The molecule has 0 aliphatic heterocycles. The van der Waals surface area contributed by atoms with Crippen LogP contribution in [0.3, 0.4) is 0 Å². The minimum absolute atomic E-state index is 0.0132. The summed E-state index contributed by atoms with van der Waals surface area (Å²) in [7, 11) is -1.90. The van der Waals surface area contributed by atoms with E-state index in [4.69, 9.17) is 12.7 Å². The van der Waals surface area contributed by atoms with Crippen LogP contribution in [0.1, 0.15) is 101 Å². The van der Waals surface area contributed by atoms with E-state index in [-0.39, 0.29) is 47.8 Å². The van der Waals surface area contributed by atoms with Crippen molar-refractivity contribution in [2.45, 2.75) is 123 Å². The fourth-order valence-electron chi connectivity index (χ4n) is 5.67. The van der Waals surface area contributed by atoms with Gasteiger partial charge in [0.15, 0.2) is 8.32 Å². The third kappa shape index (κ3) is 5.41. The number of hydrogen-bond donors (Lipinski definition) is 2. The minimum Gasteiger partial charge on any atom is -0.414 e. The van der Waals surface area contributed by atoms with Crippen LogP contribution in [0.2, 0.25) is 18.1 Å². The zero-order valence-electron chi connectivity index (χ0n) is 25.0. The summed E-state index contributed by atoms with van der Waals surface area (Å²) >= 11 is 0. The minimum atomic E-state index is -2.99. The maximum absolute atomic E-state index is 10.6. The molecule has 2 aliphatic carbocycles. The Bertz CT molecular complexity index is 674. The molecule has 28 heavy (non-hydrogen) atoms. The molecule has 0 radical (unpaired) electrons. The highest BCUT2D eigenvalue weighted by Gasteiger charge is 2.54. The van der Waals surface area contributed by atoms with Gasteiger partial charge in [-0.1, -0.05) is 40.5 Å². The molecular weight excluding hydrogens is 364 g/mol. The molecule has 0 bridgehead atoms. The van der Waals surface area contributed by atoms with Crippen LogP contribution in [0.5, 0.6) is 0 Å². The van der Waals surface area contributed by atoms with Gasteiger partial charge in [0.1, 0.15) is 0 Å². The highest BCUT2D eigenvalue weighted by Crippen LogP contribution is 2.59. The van der Waals surface area contributed by atoms with Crippen LogP contribution < -0.4 is 0 Å². The molecule has 0 heterocycles. The highest BCUT2D eigenvalue weighted by atomic mass is 28.4. The quantitative estimate of drug-likeness (QED) is 0.465. The molecule has 2 fully saturated rings. The zero-order valence-corrected chi connectivity index (χ0v) is 20.0. The molecule has 0 spiro atoms. The Morgan fingerprint density at radius 2 is 1.89 bits per heavy atom. The molecule has 2 N–H and O–H groups in total. The van der Waals surface area contributed by atoms with E-state index in [1.165, 1.54) is 0 Å². The van der Waals surface area contributed by atoms with E-state index in [2.05, 4.69) is 40.8 Å². The first-order valence-corrected chi connectivity index (χ1v) is 14.1. The molecule has 0 aromatic rings. The fourth-order valence-corrected chi connectivity index (χ4v) is 7.06. The average Bonchev–Trinajstić information content (AvgIpc) is 3.00. The lowest BCUT2D eigenvalue weighted by Gasteiger charge is -2.50. The summed E-state index contributed by atoms with van der Waals surface area (Å²) in [6, 6.07) is 0. The lowest BCUT2D eigenvalue weighted by Crippen LogP contribution is -2.50. The number of fused-ring (bicyclic) bond motifs is 1. The summed E-state index contributed by atoms with van der Waals surface area (Å²) in [6.07, 6.45) is 5.97. The van der Waals surface area contributed by atoms with Crippen LogP contribution in [-0.2, 0) is 4.43 Å². The van der Waals surface area contributed by atoms with Gasteiger partial charge >= 0.3 is 0 Å². The van der Waals surface area contributed by atoms with Gasteiger partial charge in [0.2, 0.25) is 0 Å². The molecule has 5 atom stereocenters. The van der Waals surface area contributed by atoms with Crippen molar-refractivity contribution in [3.05, 3.63) is 0 Å². The van der Waals surface area contributed by atoms with Crippen molar-refractivity contribution in [1.82, 2.24) is 0 Å². The Morgan fingerprint density at radius 3 is 2.46 bits per heavy atom. The summed E-state index contributed by atoms with van der Waals surface area (Å²) in [5.41, 5.74) is -2.68. The van der Waals surface area contributed by atoms with Gasteiger partial charge in [-0.05, 0) is 93.5 Å². The number of aliphatic hydroxyl groups is 2. The smallest absolute Gasteiger partial charge is 0.192 e. The van der Waals surface area contributed by atoms with Crippen molar-refractivity contribution in [3.63, 3.8) is 0 Å². The van der Waals surface area contributed by atoms with Gasteiger partial charge in [0, 0.05) is 20.9 Å². The average molecular weight is 419 g/mol. The van der Waals surface area contributed by atoms with Gasteiger partial charge < -0.3 is 14.6 Å². The Labute approximate surface area is 184 Å². The van der Waals surface area contributed by atoms with Crippen molar-refractivity contribution in [1.29, 1.82) is 0 Å². The Balaban J connectivity index is 2.13. The Morgan fingerprint density at radius 1 is 1.21 bits per heavy atom. The Hall–Kier alpha value is 0.0969. The normalized spacial score (nSPS) is 37.1. The predicted molar refractivity (Wildman–Crippen MR) is 121 cm³/mol. The van der Waals surface area contributed by atoms with Crippen LogP contribution in [0.4, 0.5) is 0 Å². The first kappa shape index (κ1) is 16.7. The zero-order chi connectivity index (χ0) is 26.4. The molecular formula is C24H48O3Si. The molecule has 2 saturated carbocycles.